The molecule has 2 aromatic carbocycles. The van der Waals surface area contributed by atoms with E-state index in [1.165, 1.54) is 7.11 Å². The zero-order valence-electron chi connectivity index (χ0n) is 15.0. The number of hydrazine groups is 1. The second-order valence-electron chi connectivity index (χ2n) is 6.88. The van der Waals surface area contributed by atoms with Crippen molar-refractivity contribution in [1.82, 2.24) is 10.9 Å². The summed E-state index contributed by atoms with van der Waals surface area (Å²) < 4.78 is 5.74. The van der Waals surface area contributed by atoms with Gasteiger partial charge in [0, 0.05) is 22.1 Å². The van der Waals surface area contributed by atoms with Crippen LogP contribution < -0.4 is 15.8 Å². The molecule has 2 aliphatic heterocycles. The van der Waals surface area contributed by atoms with Gasteiger partial charge in [0.15, 0.2) is 0 Å². The number of carbonyl (C=O) groups excluding carboxylic acids is 2. The zero-order chi connectivity index (χ0) is 19.1. The molecule has 6 nitrogen and oxygen atoms in total. The minimum Gasteiger partial charge on any atom is -0.465 e. The minimum atomic E-state index is -0.371. The van der Waals surface area contributed by atoms with Gasteiger partial charge in [-0.05, 0) is 48.9 Å². The summed E-state index contributed by atoms with van der Waals surface area (Å²) in [5.41, 5.74) is 8.67. The molecule has 7 heteroatoms. The van der Waals surface area contributed by atoms with Crippen molar-refractivity contribution in [2.45, 2.75) is 25.0 Å². The number of nitrogens with one attached hydrogen (secondary N) is 2. The van der Waals surface area contributed by atoms with Crippen LogP contribution in [0.15, 0.2) is 53.0 Å². The summed E-state index contributed by atoms with van der Waals surface area (Å²) in [6.07, 6.45) is 0. The monoisotopic (exact) mass is 429 g/mol. The number of fused-ring (bicyclic) bond motifs is 1. The number of esters is 1. The fraction of sp³-hybridized carbons (Fsp3) is 0.300. The topological polar surface area (TPSA) is 70.7 Å². The fourth-order valence-corrected chi connectivity index (χ4v) is 4.30. The first kappa shape index (κ1) is 18.2. The van der Waals surface area contributed by atoms with Crippen molar-refractivity contribution in [2.75, 3.05) is 12.0 Å². The lowest BCUT2D eigenvalue weighted by atomic mass is 9.87. The summed E-state index contributed by atoms with van der Waals surface area (Å²) in [5.74, 6) is -0.254. The smallest absolute Gasteiger partial charge is 0.337 e. The van der Waals surface area contributed by atoms with E-state index >= 15 is 0 Å². The number of rotatable bonds is 3. The fourth-order valence-electron chi connectivity index (χ4n) is 4.04. The molecule has 0 bridgehead atoms. The molecule has 2 aromatic rings. The van der Waals surface area contributed by atoms with Gasteiger partial charge in [0.25, 0.3) is 0 Å². The lowest BCUT2D eigenvalue weighted by Crippen LogP contribution is -2.42. The highest BCUT2D eigenvalue weighted by Crippen LogP contribution is 2.44. The molecule has 140 valence electrons. The molecule has 4 unspecified atom stereocenters. The van der Waals surface area contributed by atoms with Crippen LogP contribution in [-0.2, 0) is 9.53 Å². The largest absolute Gasteiger partial charge is 0.465 e. The highest BCUT2D eigenvalue weighted by molar-refractivity contribution is 9.10. The SMILES string of the molecule is COC(=O)c1ccc(C2C3C(C)NNC3C(=O)N2c2ccc(Br)cc2)cc1. The molecule has 0 aliphatic carbocycles. The van der Waals surface area contributed by atoms with Crippen LogP contribution >= 0.6 is 15.9 Å². The van der Waals surface area contributed by atoms with Gasteiger partial charge in [0.05, 0.1) is 18.7 Å². The van der Waals surface area contributed by atoms with E-state index in [-0.39, 0.29) is 35.9 Å². The molecule has 1 amide bonds. The molecule has 0 spiro atoms. The lowest BCUT2D eigenvalue weighted by molar-refractivity contribution is -0.119. The van der Waals surface area contributed by atoms with Gasteiger partial charge in [-0.2, -0.15) is 0 Å². The molecule has 0 aromatic heterocycles. The number of benzene rings is 2. The van der Waals surface area contributed by atoms with E-state index in [9.17, 15) is 9.59 Å². The Morgan fingerprint density at radius 1 is 1.07 bits per heavy atom. The van der Waals surface area contributed by atoms with Crippen molar-refractivity contribution in [3.63, 3.8) is 0 Å². The number of halogens is 1. The van der Waals surface area contributed by atoms with Crippen molar-refractivity contribution in [3.8, 4) is 0 Å². The van der Waals surface area contributed by atoms with Gasteiger partial charge < -0.3 is 9.64 Å². The maximum Gasteiger partial charge on any atom is 0.337 e. The van der Waals surface area contributed by atoms with Crippen molar-refractivity contribution in [3.05, 3.63) is 64.1 Å². The number of amides is 1. The molecule has 2 saturated heterocycles. The Morgan fingerprint density at radius 3 is 2.37 bits per heavy atom. The zero-order valence-corrected chi connectivity index (χ0v) is 16.6. The molecular formula is C20H20BrN3O3. The Kier molecular flexibility index (Phi) is 4.75. The number of carbonyl (C=O) groups is 2. The Morgan fingerprint density at radius 2 is 1.74 bits per heavy atom. The molecule has 0 saturated carbocycles. The molecule has 2 N–H and O–H groups in total. The van der Waals surface area contributed by atoms with Gasteiger partial charge in [-0.25, -0.2) is 10.2 Å². The quantitative estimate of drug-likeness (QED) is 0.734. The van der Waals surface area contributed by atoms with Gasteiger partial charge in [-0.1, -0.05) is 28.1 Å². The van der Waals surface area contributed by atoms with E-state index in [2.05, 4.69) is 33.7 Å². The summed E-state index contributed by atoms with van der Waals surface area (Å²) in [5, 5.41) is 0. The lowest BCUT2D eigenvalue weighted by Gasteiger charge is -2.30. The first-order chi connectivity index (χ1) is 13.0. The van der Waals surface area contributed by atoms with Gasteiger partial charge in [0.1, 0.15) is 6.04 Å². The second-order valence-corrected chi connectivity index (χ2v) is 7.79. The van der Waals surface area contributed by atoms with E-state index in [0.717, 1.165) is 15.7 Å². The van der Waals surface area contributed by atoms with Crippen molar-refractivity contribution in [2.24, 2.45) is 5.92 Å². The molecule has 4 atom stereocenters. The van der Waals surface area contributed by atoms with E-state index in [0.29, 0.717) is 5.56 Å². The number of ether oxygens (including phenoxy) is 1. The number of anilines is 1. The van der Waals surface area contributed by atoms with Gasteiger partial charge in [-0.3, -0.25) is 10.2 Å². The van der Waals surface area contributed by atoms with E-state index < -0.39 is 0 Å². The molecular weight excluding hydrogens is 410 g/mol. The standard InChI is InChI=1S/C20H20BrN3O3/c1-11-16-17(23-22-11)19(25)24(15-9-7-14(21)8-10-15)18(16)12-3-5-13(6-4-12)20(26)27-2/h3-11,16-18,22-23H,1-2H3. The second kappa shape index (κ2) is 7.07. The van der Waals surface area contributed by atoms with E-state index in [4.69, 9.17) is 4.74 Å². The molecule has 4 rings (SSSR count). The Hall–Kier alpha value is -2.22. The van der Waals surface area contributed by atoms with Crippen LogP contribution in [0.5, 0.6) is 0 Å². The Bertz CT molecular complexity index is 869. The molecule has 0 radical (unpaired) electrons. The van der Waals surface area contributed by atoms with Crippen molar-refractivity contribution < 1.29 is 14.3 Å². The normalized spacial score (nSPS) is 26.9. The molecule has 2 heterocycles. The van der Waals surface area contributed by atoms with Gasteiger partial charge in [0.2, 0.25) is 5.91 Å². The van der Waals surface area contributed by atoms with Crippen LogP contribution in [0, 0.1) is 5.92 Å². The number of methoxy groups -OCH3 is 1. The summed E-state index contributed by atoms with van der Waals surface area (Å²) in [6, 6.07) is 14.8. The third-order valence-electron chi connectivity index (χ3n) is 5.35. The minimum absolute atomic E-state index is 0.0428. The molecule has 2 aliphatic rings. The van der Waals surface area contributed by atoms with E-state index in [1.807, 2.05) is 41.3 Å². The first-order valence-corrected chi connectivity index (χ1v) is 9.58. The van der Waals surface area contributed by atoms with Crippen LogP contribution in [0.3, 0.4) is 0 Å². The van der Waals surface area contributed by atoms with Crippen LogP contribution in [0.25, 0.3) is 0 Å². The summed E-state index contributed by atoms with van der Waals surface area (Å²) >= 11 is 3.45. The molecule has 2 fully saturated rings. The highest BCUT2D eigenvalue weighted by atomic mass is 79.9. The Balaban J connectivity index is 1.76. The third-order valence-corrected chi connectivity index (χ3v) is 5.88. The number of nitrogens with zero attached hydrogens (tertiary/aromatic N) is 1. The van der Waals surface area contributed by atoms with Crippen molar-refractivity contribution >= 4 is 33.5 Å². The van der Waals surface area contributed by atoms with Crippen LogP contribution in [0.2, 0.25) is 0 Å². The van der Waals surface area contributed by atoms with Gasteiger partial charge in [-0.15, -0.1) is 0 Å². The van der Waals surface area contributed by atoms with Crippen molar-refractivity contribution in [1.29, 1.82) is 0 Å². The van der Waals surface area contributed by atoms with Crippen LogP contribution in [-0.4, -0.2) is 31.1 Å². The average molecular weight is 430 g/mol. The number of hydrogen-bond donors (Lipinski definition) is 2. The van der Waals surface area contributed by atoms with Crippen LogP contribution in [0.4, 0.5) is 5.69 Å². The van der Waals surface area contributed by atoms with Crippen LogP contribution in [0.1, 0.15) is 28.9 Å². The Labute approximate surface area is 166 Å². The summed E-state index contributed by atoms with van der Waals surface area (Å²) in [6.45, 7) is 2.08. The predicted octanol–water partition coefficient (Wildman–Crippen LogP) is 2.80. The summed E-state index contributed by atoms with van der Waals surface area (Å²) in [4.78, 5) is 26.8. The van der Waals surface area contributed by atoms with Gasteiger partial charge >= 0.3 is 5.97 Å². The molecule has 27 heavy (non-hydrogen) atoms. The maximum atomic E-state index is 13.2. The summed E-state index contributed by atoms with van der Waals surface area (Å²) in [7, 11) is 1.36. The first-order valence-electron chi connectivity index (χ1n) is 8.79. The van der Waals surface area contributed by atoms with E-state index in [1.54, 1.807) is 12.1 Å². The predicted molar refractivity (Wildman–Crippen MR) is 105 cm³/mol. The number of hydrogen-bond acceptors (Lipinski definition) is 5. The highest BCUT2D eigenvalue weighted by Gasteiger charge is 2.54. The average Bonchev–Trinajstić information content (AvgIpc) is 3.20. The third kappa shape index (κ3) is 3.05. The maximum absolute atomic E-state index is 13.2.